The molecule has 0 aliphatic rings. The third-order valence-corrected chi connectivity index (χ3v) is 3.33. The van der Waals surface area contributed by atoms with E-state index in [1.54, 1.807) is 24.3 Å². The summed E-state index contributed by atoms with van der Waals surface area (Å²) in [5.74, 6) is 0.104. The zero-order valence-electron chi connectivity index (χ0n) is 11.8. The summed E-state index contributed by atoms with van der Waals surface area (Å²) in [6.45, 7) is -0.200. The maximum Gasteiger partial charge on any atom is 0.277 e. The lowest BCUT2D eigenvalue weighted by molar-refractivity contribution is -0.384. The number of para-hydroxylation sites is 1. The SMILES string of the molecule is O=C(COc1ccccc1Br)NN=Cc1cccc([N+](=O)[O-])c1. The van der Waals surface area contributed by atoms with Crippen LogP contribution in [0.2, 0.25) is 0 Å². The Kier molecular flexibility index (Phi) is 5.81. The van der Waals surface area contributed by atoms with Crippen LogP contribution in [0.1, 0.15) is 5.56 Å². The van der Waals surface area contributed by atoms with Crippen molar-refractivity contribution in [2.45, 2.75) is 0 Å². The number of benzene rings is 2. The van der Waals surface area contributed by atoms with Gasteiger partial charge in [0.25, 0.3) is 11.6 Å². The number of hydrogen-bond acceptors (Lipinski definition) is 5. The maximum atomic E-state index is 11.6. The Morgan fingerprint density at radius 1 is 1.30 bits per heavy atom. The van der Waals surface area contributed by atoms with Crippen molar-refractivity contribution in [2.24, 2.45) is 5.10 Å². The Morgan fingerprint density at radius 3 is 2.83 bits per heavy atom. The summed E-state index contributed by atoms with van der Waals surface area (Å²) < 4.78 is 6.07. The van der Waals surface area contributed by atoms with E-state index in [-0.39, 0.29) is 12.3 Å². The molecule has 2 rings (SSSR count). The molecule has 0 aromatic heterocycles. The molecule has 0 aliphatic carbocycles. The van der Waals surface area contributed by atoms with Crippen LogP contribution in [0.3, 0.4) is 0 Å². The molecule has 0 fully saturated rings. The molecule has 8 heteroatoms. The lowest BCUT2D eigenvalue weighted by Gasteiger charge is -2.06. The van der Waals surface area contributed by atoms with Crippen molar-refractivity contribution in [1.29, 1.82) is 0 Å². The van der Waals surface area contributed by atoms with Gasteiger partial charge in [0.2, 0.25) is 0 Å². The van der Waals surface area contributed by atoms with Crippen LogP contribution < -0.4 is 10.2 Å². The second kappa shape index (κ2) is 8.04. The number of non-ortho nitro benzene ring substituents is 1. The summed E-state index contributed by atoms with van der Waals surface area (Å²) in [7, 11) is 0. The summed E-state index contributed by atoms with van der Waals surface area (Å²) in [5.41, 5.74) is 2.75. The lowest BCUT2D eigenvalue weighted by Crippen LogP contribution is -2.24. The highest BCUT2D eigenvalue weighted by molar-refractivity contribution is 9.10. The molecule has 0 saturated heterocycles. The van der Waals surface area contributed by atoms with Crippen LogP contribution >= 0.6 is 15.9 Å². The first-order valence-corrected chi connectivity index (χ1v) is 7.29. The van der Waals surface area contributed by atoms with Crippen LogP contribution in [-0.2, 0) is 4.79 Å². The van der Waals surface area contributed by atoms with Crippen LogP contribution in [0.25, 0.3) is 0 Å². The van der Waals surface area contributed by atoms with Crippen molar-refractivity contribution in [3.8, 4) is 5.75 Å². The number of nitrogens with zero attached hydrogens (tertiary/aromatic N) is 2. The van der Waals surface area contributed by atoms with Crippen LogP contribution in [-0.4, -0.2) is 23.7 Å². The van der Waals surface area contributed by atoms with Gasteiger partial charge in [-0.15, -0.1) is 0 Å². The normalized spacial score (nSPS) is 10.5. The molecule has 0 heterocycles. The van der Waals surface area contributed by atoms with Gasteiger partial charge in [0.05, 0.1) is 15.6 Å². The number of carbonyl (C=O) groups is 1. The predicted octanol–water partition coefficient (Wildman–Crippen LogP) is 2.89. The second-order valence-corrected chi connectivity index (χ2v) is 5.22. The number of carbonyl (C=O) groups excluding carboxylic acids is 1. The van der Waals surface area contributed by atoms with Crippen LogP contribution in [0, 0.1) is 10.1 Å². The topological polar surface area (TPSA) is 93.8 Å². The maximum absolute atomic E-state index is 11.6. The standard InChI is InChI=1S/C15H12BrN3O4/c16-13-6-1-2-7-14(13)23-10-15(20)18-17-9-11-4-3-5-12(8-11)19(21)22/h1-9H,10H2,(H,18,20). The predicted molar refractivity (Wildman–Crippen MR) is 88.5 cm³/mol. The van der Waals surface area contributed by atoms with Gasteiger partial charge in [-0.1, -0.05) is 24.3 Å². The molecule has 0 bridgehead atoms. The Morgan fingerprint density at radius 2 is 2.09 bits per heavy atom. The lowest BCUT2D eigenvalue weighted by atomic mass is 10.2. The van der Waals surface area contributed by atoms with E-state index in [1.165, 1.54) is 24.4 Å². The number of ether oxygens (including phenoxy) is 1. The molecule has 2 aromatic carbocycles. The number of nitro groups is 1. The van der Waals surface area contributed by atoms with Gasteiger partial charge in [0.1, 0.15) is 5.75 Å². The fourth-order valence-electron chi connectivity index (χ4n) is 1.63. The van der Waals surface area contributed by atoms with Crippen LogP contribution in [0.4, 0.5) is 5.69 Å². The van der Waals surface area contributed by atoms with Crippen molar-refractivity contribution in [2.75, 3.05) is 6.61 Å². The van der Waals surface area contributed by atoms with Gasteiger partial charge in [0, 0.05) is 17.7 Å². The zero-order valence-corrected chi connectivity index (χ0v) is 13.4. The highest BCUT2D eigenvalue weighted by Gasteiger charge is 2.05. The number of hydrogen-bond donors (Lipinski definition) is 1. The van der Waals surface area contributed by atoms with Crippen molar-refractivity contribution in [3.05, 3.63) is 68.7 Å². The van der Waals surface area contributed by atoms with E-state index in [9.17, 15) is 14.9 Å². The average molecular weight is 378 g/mol. The van der Waals surface area contributed by atoms with Gasteiger partial charge in [-0.25, -0.2) is 5.43 Å². The van der Waals surface area contributed by atoms with Gasteiger partial charge in [-0.05, 0) is 28.1 Å². The van der Waals surface area contributed by atoms with E-state index in [0.717, 1.165) is 4.47 Å². The van der Waals surface area contributed by atoms with E-state index in [1.807, 2.05) is 6.07 Å². The quantitative estimate of drug-likeness (QED) is 0.475. The summed E-state index contributed by atoms with van der Waals surface area (Å²) in [6.07, 6.45) is 1.32. The van der Waals surface area contributed by atoms with E-state index in [2.05, 4.69) is 26.5 Å². The molecule has 118 valence electrons. The van der Waals surface area contributed by atoms with E-state index >= 15 is 0 Å². The zero-order chi connectivity index (χ0) is 16.7. The van der Waals surface area contributed by atoms with Crippen molar-refractivity contribution in [1.82, 2.24) is 5.43 Å². The molecular formula is C15H12BrN3O4. The molecular weight excluding hydrogens is 366 g/mol. The largest absolute Gasteiger partial charge is 0.483 e. The molecule has 0 radical (unpaired) electrons. The van der Waals surface area contributed by atoms with Gasteiger partial charge in [-0.3, -0.25) is 14.9 Å². The average Bonchev–Trinajstić information content (AvgIpc) is 2.54. The molecule has 1 amide bonds. The fourth-order valence-corrected chi connectivity index (χ4v) is 2.03. The number of nitro benzene ring substituents is 1. The van der Waals surface area contributed by atoms with Gasteiger partial charge in [0.15, 0.2) is 6.61 Å². The molecule has 23 heavy (non-hydrogen) atoms. The highest BCUT2D eigenvalue weighted by atomic mass is 79.9. The second-order valence-electron chi connectivity index (χ2n) is 4.36. The minimum atomic E-state index is -0.499. The first-order chi connectivity index (χ1) is 11.1. The van der Waals surface area contributed by atoms with Crippen LogP contribution in [0.5, 0.6) is 5.75 Å². The monoisotopic (exact) mass is 377 g/mol. The number of halogens is 1. The highest BCUT2D eigenvalue weighted by Crippen LogP contribution is 2.23. The minimum absolute atomic E-state index is 0.0439. The van der Waals surface area contributed by atoms with E-state index < -0.39 is 10.8 Å². The van der Waals surface area contributed by atoms with E-state index in [4.69, 9.17) is 4.74 Å². The Labute approximate surface area is 140 Å². The molecule has 0 atom stereocenters. The summed E-state index contributed by atoms with van der Waals surface area (Å²) in [5, 5.41) is 14.4. The van der Waals surface area contributed by atoms with Crippen molar-refractivity contribution < 1.29 is 14.5 Å². The van der Waals surface area contributed by atoms with Gasteiger partial charge >= 0.3 is 0 Å². The molecule has 1 N–H and O–H groups in total. The molecule has 7 nitrogen and oxygen atoms in total. The summed E-state index contributed by atoms with van der Waals surface area (Å²) >= 11 is 3.31. The minimum Gasteiger partial charge on any atom is -0.483 e. The molecule has 2 aromatic rings. The number of nitrogens with one attached hydrogen (secondary N) is 1. The van der Waals surface area contributed by atoms with Crippen molar-refractivity contribution in [3.63, 3.8) is 0 Å². The Balaban J connectivity index is 1.85. The molecule has 0 aliphatic heterocycles. The first kappa shape index (κ1) is 16.6. The van der Waals surface area contributed by atoms with Crippen LogP contribution in [0.15, 0.2) is 58.1 Å². The van der Waals surface area contributed by atoms with Gasteiger partial charge in [-0.2, -0.15) is 5.10 Å². The Hall–Kier alpha value is -2.74. The summed E-state index contributed by atoms with van der Waals surface area (Å²) in [6, 6.07) is 13.1. The van der Waals surface area contributed by atoms with Crippen molar-refractivity contribution >= 4 is 33.7 Å². The van der Waals surface area contributed by atoms with E-state index in [0.29, 0.717) is 11.3 Å². The van der Waals surface area contributed by atoms with Gasteiger partial charge < -0.3 is 4.74 Å². The molecule has 0 unspecified atom stereocenters. The third kappa shape index (κ3) is 5.19. The number of hydrazone groups is 1. The molecule has 0 spiro atoms. The smallest absolute Gasteiger partial charge is 0.277 e. The number of rotatable bonds is 6. The third-order valence-electron chi connectivity index (χ3n) is 2.68. The summed E-state index contributed by atoms with van der Waals surface area (Å²) in [4.78, 5) is 21.8. The number of amides is 1. The Bertz CT molecular complexity index is 749. The molecule has 0 saturated carbocycles. The first-order valence-electron chi connectivity index (χ1n) is 6.50. The fraction of sp³-hybridized carbons (Fsp3) is 0.0667.